The lowest BCUT2D eigenvalue weighted by Gasteiger charge is -2.17. The van der Waals surface area contributed by atoms with E-state index in [4.69, 9.17) is 1.37 Å². The molecule has 0 aliphatic rings. The standard InChI is InChI=1S/C18H15N/c1-3-9-15(10-4-1)18(16-11-5-2-6-12-16)17-13-7-8-14-19-17/h1-14,18H/i18D. The highest BCUT2D eigenvalue weighted by Gasteiger charge is 2.16. The number of rotatable bonds is 3. The summed E-state index contributed by atoms with van der Waals surface area (Å²) in [6.45, 7) is 0. The molecule has 1 nitrogen and oxygen atoms in total. The van der Waals surface area contributed by atoms with Crippen LogP contribution < -0.4 is 0 Å². The molecule has 2 aromatic carbocycles. The van der Waals surface area contributed by atoms with E-state index in [2.05, 4.69) is 4.98 Å². The molecule has 0 N–H and O–H groups in total. The van der Waals surface area contributed by atoms with E-state index in [1.54, 1.807) is 6.20 Å². The Labute approximate surface area is 115 Å². The number of nitrogens with zero attached hydrogens (tertiary/aromatic N) is 1. The Hall–Kier alpha value is -2.41. The molecule has 0 atom stereocenters. The van der Waals surface area contributed by atoms with E-state index in [0.29, 0.717) is 0 Å². The molecule has 0 aliphatic carbocycles. The second-order valence-corrected chi connectivity index (χ2v) is 4.32. The van der Waals surface area contributed by atoms with Gasteiger partial charge in [-0.2, -0.15) is 0 Å². The molecule has 0 bridgehead atoms. The molecule has 0 radical (unpaired) electrons. The van der Waals surface area contributed by atoms with Crippen LogP contribution in [0.2, 0.25) is 0 Å². The minimum absolute atomic E-state index is 0.734. The first-order chi connectivity index (χ1) is 9.82. The summed E-state index contributed by atoms with van der Waals surface area (Å²) in [4.78, 5) is 4.42. The zero-order chi connectivity index (χ0) is 13.8. The van der Waals surface area contributed by atoms with Crippen LogP contribution in [0.4, 0.5) is 0 Å². The molecule has 3 rings (SSSR count). The lowest BCUT2D eigenvalue weighted by atomic mass is 9.88. The molecule has 19 heavy (non-hydrogen) atoms. The van der Waals surface area contributed by atoms with Crippen LogP contribution in [-0.4, -0.2) is 4.98 Å². The van der Waals surface area contributed by atoms with Gasteiger partial charge in [-0.25, -0.2) is 0 Å². The molecule has 92 valence electrons. The zero-order valence-electron chi connectivity index (χ0n) is 11.5. The maximum absolute atomic E-state index is 9.08. The summed E-state index contributed by atoms with van der Waals surface area (Å²) in [5.41, 5.74) is 2.58. The Morgan fingerprint density at radius 3 is 1.68 bits per heavy atom. The van der Waals surface area contributed by atoms with Crippen molar-refractivity contribution in [1.82, 2.24) is 4.98 Å². The molecule has 0 spiro atoms. The monoisotopic (exact) mass is 246 g/mol. The molecular weight excluding hydrogens is 230 g/mol. The molecule has 0 fully saturated rings. The van der Waals surface area contributed by atoms with Crippen molar-refractivity contribution >= 4 is 0 Å². The third kappa shape index (κ3) is 2.55. The average Bonchev–Trinajstić information content (AvgIpc) is 2.56. The van der Waals surface area contributed by atoms with Crippen LogP contribution in [0.3, 0.4) is 0 Å². The topological polar surface area (TPSA) is 12.9 Å². The Bertz CT molecular complexity index is 569. The van der Waals surface area contributed by atoms with Gasteiger partial charge in [-0.3, -0.25) is 4.98 Å². The van der Waals surface area contributed by atoms with Crippen LogP contribution >= 0.6 is 0 Å². The molecule has 1 aromatic heterocycles. The minimum atomic E-state index is -0.982. The van der Waals surface area contributed by atoms with Crippen molar-refractivity contribution in [3.63, 3.8) is 0 Å². The molecule has 0 saturated heterocycles. The highest BCUT2D eigenvalue weighted by molar-refractivity contribution is 5.39. The molecule has 0 saturated carbocycles. The van der Waals surface area contributed by atoms with Gasteiger partial charge < -0.3 is 0 Å². The van der Waals surface area contributed by atoms with Crippen molar-refractivity contribution in [3.8, 4) is 0 Å². The number of hydrogen-bond donors (Lipinski definition) is 0. The van der Waals surface area contributed by atoms with E-state index in [0.717, 1.165) is 16.8 Å². The van der Waals surface area contributed by atoms with Crippen LogP contribution in [0.1, 0.15) is 24.1 Å². The third-order valence-electron chi connectivity index (χ3n) is 3.05. The SMILES string of the molecule is [2H]C(c1ccccc1)(c1ccccc1)c1ccccn1. The van der Waals surface area contributed by atoms with Crippen LogP contribution in [0, 0.1) is 0 Å². The third-order valence-corrected chi connectivity index (χ3v) is 3.05. The summed E-state index contributed by atoms with van der Waals surface area (Å²) in [6.07, 6.45) is 1.74. The molecular formula is C18H15N. The van der Waals surface area contributed by atoms with E-state index >= 15 is 0 Å². The van der Waals surface area contributed by atoms with E-state index in [-0.39, 0.29) is 0 Å². The van der Waals surface area contributed by atoms with Gasteiger partial charge in [0, 0.05) is 7.57 Å². The smallest absolute Gasteiger partial charge is 0.0522 e. The van der Waals surface area contributed by atoms with E-state index in [1.165, 1.54) is 0 Å². The van der Waals surface area contributed by atoms with Crippen molar-refractivity contribution in [1.29, 1.82) is 0 Å². The molecule has 0 aliphatic heterocycles. The maximum Gasteiger partial charge on any atom is 0.0522 e. The summed E-state index contributed by atoms with van der Waals surface area (Å²) in [5.74, 6) is -0.982. The van der Waals surface area contributed by atoms with Gasteiger partial charge >= 0.3 is 0 Å². The first-order valence-electron chi connectivity index (χ1n) is 6.84. The summed E-state index contributed by atoms with van der Waals surface area (Å²) in [6, 6.07) is 25.4. The summed E-state index contributed by atoms with van der Waals surface area (Å²) in [5, 5.41) is 0. The van der Waals surface area contributed by atoms with Gasteiger partial charge in [-0.05, 0) is 23.3 Å². The molecule has 3 aromatic rings. The van der Waals surface area contributed by atoms with Crippen molar-refractivity contribution in [2.45, 2.75) is 5.89 Å². The average molecular weight is 246 g/mol. The fourth-order valence-corrected chi connectivity index (χ4v) is 2.18. The predicted octanol–water partition coefficient (Wildman–Crippen LogP) is 4.26. The number of pyridine rings is 1. The van der Waals surface area contributed by atoms with Gasteiger partial charge in [0.05, 0.1) is 11.6 Å². The number of aromatic nitrogens is 1. The van der Waals surface area contributed by atoms with Crippen LogP contribution in [0.15, 0.2) is 85.1 Å². The van der Waals surface area contributed by atoms with Gasteiger partial charge in [-0.1, -0.05) is 66.7 Å². The predicted molar refractivity (Wildman–Crippen MR) is 78.1 cm³/mol. The molecule has 0 amide bonds. The van der Waals surface area contributed by atoms with Crippen LogP contribution in [0.25, 0.3) is 0 Å². The lowest BCUT2D eigenvalue weighted by molar-refractivity contribution is 0.919. The van der Waals surface area contributed by atoms with Crippen molar-refractivity contribution in [2.24, 2.45) is 0 Å². The summed E-state index contributed by atoms with van der Waals surface area (Å²) < 4.78 is 9.08. The van der Waals surface area contributed by atoms with Crippen molar-refractivity contribution in [3.05, 3.63) is 102 Å². The quantitative estimate of drug-likeness (QED) is 0.672. The maximum atomic E-state index is 9.08. The van der Waals surface area contributed by atoms with Crippen LogP contribution in [0.5, 0.6) is 0 Å². The first-order valence-corrected chi connectivity index (χ1v) is 6.34. The first kappa shape index (κ1) is 10.5. The fraction of sp³-hybridized carbons (Fsp3) is 0.0556. The zero-order valence-corrected chi connectivity index (χ0v) is 10.5. The van der Waals surface area contributed by atoms with E-state index < -0.39 is 5.89 Å². The molecule has 1 heterocycles. The van der Waals surface area contributed by atoms with E-state index in [9.17, 15) is 0 Å². The van der Waals surface area contributed by atoms with E-state index in [1.807, 2.05) is 78.9 Å². The highest BCUT2D eigenvalue weighted by Crippen LogP contribution is 2.29. The van der Waals surface area contributed by atoms with Gasteiger partial charge in [0.25, 0.3) is 0 Å². The van der Waals surface area contributed by atoms with Crippen molar-refractivity contribution < 1.29 is 1.37 Å². The number of hydrogen-bond acceptors (Lipinski definition) is 1. The second-order valence-electron chi connectivity index (χ2n) is 4.32. The summed E-state index contributed by atoms with van der Waals surface area (Å²) >= 11 is 0. The Balaban J connectivity index is 2.24. The lowest BCUT2D eigenvalue weighted by Crippen LogP contribution is -2.04. The van der Waals surface area contributed by atoms with Gasteiger partial charge in [0.15, 0.2) is 0 Å². The van der Waals surface area contributed by atoms with Gasteiger partial charge in [0.1, 0.15) is 0 Å². The Morgan fingerprint density at radius 1 is 0.684 bits per heavy atom. The Kier molecular flexibility index (Phi) is 3.03. The van der Waals surface area contributed by atoms with Crippen LogP contribution in [-0.2, 0) is 0 Å². The normalized spacial score (nSPS) is 11.9. The fourth-order valence-electron chi connectivity index (χ4n) is 2.18. The number of benzene rings is 2. The van der Waals surface area contributed by atoms with Crippen molar-refractivity contribution in [2.75, 3.05) is 0 Å². The second kappa shape index (κ2) is 5.49. The highest BCUT2D eigenvalue weighted by atomic mass is 14.7. The largest absolute Gasteiger partial charge is 0.260 e. The molecule has 0 unspecified atom stereocenters. The van der Waals surface area contributed by atoms with Gasteiger partial charge in [0.2, 0.25) is 0 Å². The minimum Gasteiger partial charge on any atom is -0.260 e. The van der Waals surface area contributed by atoms with Gasteiger partial charge in [-0.15, -0.1) is 0 Å². The molecule has 1 heteroatoms. The Morgan fingerprint density at radius 2 is 1.21 bits per heavy atom. The summed E-state index contributed by atoms with van der Waals surface area (Å²) in [7, 11) is 0.